The molecule has 0 heterocycles. The number of hydrogen-bond donors (Lipinski definition) is 2. The number of carbonyl (C=O) groups is 1. The molecule has 86 valence electrons. The quantitative estimate of drug-likeness (QED) is 0.676. The molecule has 14 heavy (non-hydrogen) atoms. The SMILES string of the molecule is COC(=O)C[C@H](O)[C@@H](N)CC(C)C.Cl. The van der Waals surface area contributed by atoms with Crippen molar-refractivity contribution in [1.29, 1.82) is 0 Å². The second kappa shape index (κ2) is 8.03. The monoisotopic (exact) mass is 225 g/mol. The van der Waals surface area contributed by atoms with Crippen molar-refractivity contribution in [3.05, 3.63) is 0 Å². The molecule has 0 amide bonds. The molecule has 0 bridgehead atoms. The zero-order valence-electron chi connectivity index (χ0n) is 8.90. The first-order valence-corrected chi connectivity index (χ1v) is 4.47. The fourth-order valence-electron chi connectivity index (χ4n) is 1.11. The number of hydrogen-bond acceptors (Lipinski definition) is 4. The van der Waals surface area contributed by atoms with Crippen LogP contribution in [0.15, 0.2) is 0 Å². The number of methoxy groups -OCH3 is 1. The van der Waals surface area contributed by atoms with Crippen molar-refractivity contribution in [2.75, 3.05) is 7.11 Å². The topological polar surface area (TPSA) is 72.5 Å². The van der Waals surface area contributed by atoms with E-state index in [1.165, 1.54) is 7.11 Å². The van der Waals surface area contributed by atoms with Gasteiger partial charge in [-0.3, -0.25) is 4.79 Å². The van der Waals surface area contributed by atoms with Crippen LogP contribution >= 0.6 is 12.4 Å². The summed E-state index contributed by atoms with van der Waals surface area (Å²) in [5.41, 5.74) is 5.66. The molecule has 0 aliphatic carbocycles. The number of carbonyl (C=O) groups excluding carboxylic acids is 1. The van der Waals surface area contributed by atoms with Crippen LogP contribution in [0.5, 0.6) is 0 Å². The number of aliphatic hydroxyl groups is 1. The van der Waals surface area contributed by atoms with Crippen LogP contribution in [0.3, 0.4) is 0 Å². The predicted molar refractivity (Wildman–Crippen MR) is 57.3 cm³/mol. The highest BCUT2D eigenvalue weighted by molar-refractivity contribution is 5.85. The third kappa shape index (κ3) is 7.12. The van der Waals surface area contributed by atoms with Crippen LogP contribution in [0.1, 0.15) is 26.7 Å². The molecule has 0 aromatic carbocycles. The predicted octanol–water partition coefficient (Wildman–Crippen LogP) is 0.706. The van der Waals surface area contributed by atoms with E-state index in [1.807, 2.05) is 13.8 Å². The summed E-state index contributed by atoms with van der Waals surface area (Å²) in [5.74, 6) is -0.00555. The number of aliphatic hydroxyl groups excluding tert-OH is 1. The van der Waals surface area contributed by atoms with E-state index in [0.717, 1.165) is 0 Å². The van der Waals surface area contributed by atoms with Crippen LogP contribution in [-0.2, 0) is 9.53 Å². The zero-order chi connectivity index (χ0) is 10.4. The molecule has 0 aromatic rings. The standard InChI is InChI=1S/C9H19NO3.ClH/c1-6(2)4-7(10)8(11)5-9(12)13-3;/h6-8,11H,4-5,10H2,1-3H3;1H/t7-,8-;/m0./s1. The lowest BCUT2D eigenvalue weighted by Crippen LogP contribution is -2.37. The lowest BCUT2D eigenvalue weighted by molar-refractivity contribution is -0.143. The van der Waals surface area contributed by atoms with E-state index in [1.54, 1.807) is 0 Å². The van der Waals surface area contributed by atoms with Gasteiger partial charge in [-0.05, 0) is 12.3 Å². The van der Waals surface area contributed by atoms with Gasteiger partial charge in [-0.15, -0.1) is 12.4 Å². The summed E-state index contributed by atoms with van der Waals surface area (Å²) in [4.78, 5) is 10.8. The van der Waals surface area contributed by atoms with Gasteiger partial charge in [0.05, 0.1) is 19.6 Å². The highest BCUT2D eigenvalue weighted by Gasteiger charge is 2.19. The van der Waals surface area contributed by atoms with Gasteiger partial charge in [0.2, 0.25) is 0 Å². The van der Waals surface area contributed by atoms with Gasteiger partial charge in [0.1, 0.15) is 0 Å². The van der Waals surface area contributed by atoms with Crippen LogP contribution in [-0.4, -0.2) is 30.3 Å². The lowest BCUT2D eigenvalue weighted by atomic mass is 9.98. The van der Waals surface area contributed by atoms with Gasteiger partial charge in [0.25, 0.3) is 0 Å². The maximum atomic E-state index is 10.8. The van der Waals surface area contributed by atoms with E-state index >= 15 is 0 Å². The third-order valence-corrected chi connectivity index (χ3v) is 1.84. The summed E-state index contributed by atoms with van der Waals surface area (Å²) in [7, 11) is 1.29. The van der Waals surface area contributed by atoms with Gasteiger partial charge < -0.3 is 15.6 Å². The molecular weight excluding hydrogens is 206 g/mol. The smallest absolute Gasteiger partial charge is 0.308 e. The van der Waals surface area contributed by atoms with Crippen molar-refractivity contribution in [1.82, 2.24) is 0 Å². The minimum Gasteiger partial charge on any atom is -0.469 e. The lowest BCUT2D eigenvalue weighted by Gasteiger charge is -2.19. The van der Waals surface area contributed by atoms with E-state index in [9.17, 15) is 9.90 Å². The second-order valence-electron chi connectivity index (χ2n) is 3.64. The maximum absolute atomic E-state index is 10.8. The van der Waals surface area contributed by atoms with E-state index in [0.29, 0.717) is 12.3 Å². The highest BCUT2D eigenvalue weighted by Crippen LogP contribution is 2.08. The van der Waals surface area contributed by atoms with Gasteiger partial charge in [-0.2, -0.15) is 0 Å². The fraction of sp³-hybridized carbons (Fsp3) is 0.889. The van der Waals surface area contributed by atoms with E-state index in [-0.39, 0.29) is 24.9 Å². The van der Waals surface area contributed by atoms with Gasteiger partial charge in [-0.25, -0.2) is 0 Å². The molecule has 3 N–H and O–H groups in total. The summed E-state index contributed by atoms with van der Waals surface area (Å²) in [6, 6.07) is -0.348. The molecule has 0 aliphatic rings. The fourth-order valence-corrected chi connectivity index (χ4v) is 1.11. The highest BCUT2D eigenvalue weighted by atomic mass is 35.5. The Hall–Kier alpha value is -0.320. The Bertz CT molecular complexity index is 164. The van der Waals surface area contributed by atoms with Crippen LogP contribution in [0.25, 0.3) is 0 Å². The first-order valence-electron chi connectivity index (χ1n) is 4.47. The molecule has 5 heteroatoms. The molecule has 0 saturated carbocycles. The molecule has 0 radical (unpaired) electrons. The summed E-state index contributed by atoms with van der Waals surface area (Å²) in [6.45, 7) is 4.04. The normalized spacial score (nSPS) is 14.4. The van der Waals surface area contributed by atoms with Crippen molar-refractivity contribution < 1.29 is 14.6 Å². The Morgan fingerprint density at radius 2 is 2.00 bits per heavy atom. The van der Waals surface area contributed by atoms with Gasteiger partial charge >= 0.3 is 5.97 Å². The number of halogens is 1. The second-order valence-corrected chi connectivity index (χ2v) is 3.64. The van der Waals surface area contributed by atoms with Crippen LogP contribution in [0, 0.1) is 5.92 Å². The van der Waals surface area contributed by atoms with Crippen molar-refractivity contribution in [3.63, 3.8) is 0 Å². The molecule has 0 aliphatic heterocycles. The van der Waals surface area contributed by atoms with Crippen LogP contribution < -0.4 is 5.73 Å². The number of rotatable bonds is 5. The van der Waals surface area contributed by atoms with Gasteiger partial charge in [-0.1, -0.05) is 13.8 Å². The number of esters is 1. The Morgan fingerprint density at radius 1 is 1.50 bits per heavy atom. The molecule has 0 spiro atoms. The van der Waals surface area contributed by atoms with Crippen molar-refractivity contribution in [2.24, 2.45) is 11.7 Å². The first kappa shape index (κ1) is 16.1. The summed E-state index contributed by atoms with van der Waals surface area (Å²) < 4.78 is 4.42. The van der Waals surface area contributed by atoms with Crippen LogP contribution in [0.4, 0.5) is 0 Å². The third-order valence-electron chi connectivity index (χ3n) is 1.84. The Labute approximate surface area is 91.2 Å². The van der Waals surface area contributed by atoms with Crippen molar-refractivity contribution >= 4 is 18.4 Å². The summed E-state index contributed by atoms with van der Waals surface area (Å²) in [5, 5.41) is 9.44. The molecule has 0 fully saturated rings. The minimum absolute atomic E-state index is 0. The molecule has 0 saturated heterocycles. The number of ether oxygens (including phenoxy) is 1. The maximum Gasteiger partial charge on any atom is 0.308 e. The Morgan fingerprint density at radius 3 is 2.36 bits per heavy atom. The minimum atomic E-state index is -0.796. The molecule has 2 atom stereocenters. The molecule has 0 unspecified atom stereocenters. The summed E-state index contributed by atoms with van der Waals surface area (Å²) in [6.07, 6.45) is -0.113. The molecule has 0 aromatic heterocycles. The molecule has 4 nitrogen and oxygen atoms in total. The van der Waals surface area contributed by atoms with E-state index in [4.69, 9.17) is 5.73 Å². The Balaban J connectivity index is 0. The van der Waals surface area contributed by atoms with E-state index < -0.39 is 12.1 Å². The first-order chi connectivity index (χ1) is 5.97. The van der Waals surface area contributed by atoms with Gasteiger partial charge in [0, 0.05) is 6.04 Å². The zero-order valence-corrected chi connectivity index (χ0v) is 9.71. The van der Waals surface area contributed by atoms with Crippen molar-refractivity contribution in [2.45, 2.75) is 38.8 Å². The average molecular weight is 226 g/mol. The molecule has 0 rings (SSSR count). The Kier molecular flexibility index (Phi) is 9.24. The van der Waals surface area contributed by atoms with Gasteiger partial charge in [0.15, 0.2) is 0 Å². The molecular formula is C9H20ClNO3. The average Bonchev–Trinajstić information content (AvgIpc) is 2.02. The summed E-state index contributed by atoms with van der Waals surface area (Å²) >= 11 is 0. The van der Waals surface area contributed by atoms with Crippen molar-refractivity contribution in [3.8, 4) is 0 Å². The van der Waals surface area contributed by atoms with E-state index in [2.05, 4.69) is 4.74 Å². The van der Waals surface area contributed by atoms with Crippen LogP contribution in [0.2, 0.25) is 0 Å². The number of nitrogens with two attached hydrogens (primary N) is 1. The largest absolute Gasteiger partial charge is 0.469 e.